The number of benzene rings is 1. The second-order valence-electron chi connectivity index (χ2n) is 4.29. The number of carbonyl (C=O) groups excluding carboxylic acids is 1. The van der Waals surface area contributed by atoms with Crippen LogP contribution in [0, 0.1) is 0 Å². The van der Waals surface area contributed by atoms with E-state index in [2.05, 4.69) is 5.32 Å². The number of nitrogens with zero attached hydrogens (tertiary/aromatic N) is 1. The maximum absolute atomic E-state index is 11.8. The topological polar surface area (TPSA) is 111 Å². The number of para-hydroxylation sites is 2. The third-order valence-corrected chi connectivity index (χ3v) is 2.92. The van der Waals surface area contributed by atoms with Crippen molar-refractivity contribution in [2.24, 2.45) is 0 Å². The Labute approximate surface area is 118 Å². The SMILES string of the molecule is COC(CNC(=O)Cn1c(=O)oc2ccccc21)C(=O)O. The smallest absolute Gasteiger partial charge is 0.420 e. The van der Waals surface area contributed by atoms with Gasteiger partial charge in [-0.25, -0.2) is 9.59 Å². The molecule has 0 aliphatic heterocycles. The second-order valence-corrected chi connectivity index (χ2v) is 4.29. The van der Waals surface area contributed by atoms with E-state index in [4.69, 9.17) is 14.3 Å². The van der Waals surface area contributed by atoms with Crippen LogP contribution in [-0.2, 0) is 20.9 Å². The normalized spacial score (nSPS) is 12.2. The van der Waals surface area contributed by atoms with Crippen LogP contribution in [0.25, 0.3) is 11.1 Å². The van der Waals surface area contributed by atoms with E-state index < -0.39 is 23.7 Å². The summed E-state index contributed by atoms with van der Waals surface area (Å²) in [5.41, 5.74) is 0.884. The molecule has 8 nitrogen and oxygen atoms in total. The molecule has 0 bridgehead atoms. The number of carboxylic acids is 1. The number of oxazole rings is 1. The Kier molecular flexibility index (Phi) is 4.39. The summed E-state index contributed by atoms with van der Waals surface area (Å²) in [6.45, 7) is -0.443. The highest BCUT2D eigenvalue weighted by Gasteiger charge is 2.18. The number of nitrogens with one attached hydrogen (secondary N) is 1. The van der Waals surface area contributed by atoms with Crippen LogP contribution < -0.4 is 11.1 Å². The number of ether oxygens (including phenoxy) is 1. The number of methoxy groups -OCH3 is 1. The average molecular weight is 294 g/mol. The number of carboxylic acid groups (broad SMARTS) is 1. The molecule has 2 aromatic rings. The monoisotopic (exact) mass is 294 g/mol. The summed E-state index contributed by atoms with van der Waals surface area (Å²) >= 11 is 0. The van der Waals surface area contributed by atoms with Crippen LogP contribution in [-0.4, -0.2) is 41.3 Å². The van der Waals surface area contributed by atoms with Crippen molar-refractivity contribution < 1.29 is 23.8 Å². The van der Waals surface area contributed by atoms with Gasteiger partial charge in [0.1, 0.15) is 6.54 Å². The van der Waals surface area contributed by atoms with Crippen molar-refractivity contribution in [2.75, 3.05) is 13.7 Å². The zero-order chi connectivity index (χ0) is 15.4. The van der Waals surface area contributed by atoms with Gasteiger partial charge < -0.3 is 19.6 Å². The molecule has 1 unspecified atom stereocenters. The largest absolute Gasteiger partial charge is 0.479 e. The molecule has 1 amide bonds. The van der Waals surface area contributed by atoms with Crippen molar-refractivity contribution in [1.29, 1.82) is 0 Å². The summed E-state index contributed by atoms with van der Waals surface area (Å²) < 4.78 is 10.9. The number of fused-ring (bicyclic) bond motifs is 1. The van der Waals surface area contributed by atoms with Crippen LogP contribution in [0.1, 0.15) is 0 Å². The summed E-state index contributed by atoms with van der Waals surface area (Å²) in [5.74, 6) is -2.33. The molecule has 2 rings (SSSR count). The maximum atomic E-state index is 11.8. The Morgan fingerprint density at radius 3 is 2.81 bits per heavy atom. The average Bonchev–Trinajstić information content (AvgIpc) is 2.75. The molecule has 0 saturated heterocycles. The molecular weight excluding hydrogens is 280 g/mol. The van der Waals surface area contributed by atoms with Gasteiger partial charge in [-0.1, -0.05) is 12.1 Å². The summed E-state index contributed by atoms with van der Waals surface area (Å²) in [6.07, 6.45) is -1.13. The number of hydrogen-bond acceptors (Lipinski definition) is 5. The van der Waals surface area contributed by atoms with E-state index >= 15 is 0 Å². The molecule has 1 heterocycles. The standard InChI is InChI=1S/C13H14N2O6/c1-20-10(12(17)18)6-14-11(16)7-15-8-4-2-3-5-9(8)21-13(15)19/h2-5,10H,6-7H2,1H3,(H,14,16)(H,17,18). The lowest BCUT2D eigenvalue weighted by Gasteiger charge is -2.11. The lowest BCUT2D eigenvalue weighted by molar-refractivity contribution is -0.148. The molecule has 21 heavy (non-hydrogen) atoms. The lowest BCUT2D eigenvalue weighted by Crippen LogP contribution is -2.40. The van der Waals surface area contributed by atoms with Gasteiger partial charge in [0.05, 0.1) is 12.1 Å². The van der Waals surface area contributed by atoms with Gasteiger partial charge in [0, 0.05) is 7.11 Å². The molecule has 0 radical (unpaired) electrons. The van der Waals surface area contributed by atoms with Gasteiger partial charge >= 0.3 is 11.7 Å². The first-order valence-electron chi connectivity index (χ1n) is 6.13. The Hall–Kier alpha value is -2.61. The van der Waals surface area contributed by atoms with Crippen molar-refractivity contribution in [2.45, 2.75) is 12.6 Å². The number of aromatic nitrogens is 1. The Morgan fingerprint density at radius 1 is 1.43 bits per heavy atom. The zero-order valence-corrected chi connectivity index (χ0v) is 11.2. The first-order chi connectivity index (χ1) is 10.0. The maximum Gasteiger partial charge on any atom is 0.420 e. The number of amides is 1. The lowest BCUT2D eigenvalue weighted by atomic mass is 10.3. The van der Waals surface area contributed by atoms with Gasteiger partial charge in [-0.15, -0.1) is 0 Å². The molecule has 0 aliphatic rings. The first-order valence-corrected chi connectivity index (χ1v) is 6.13. The molecule has 8 heteroatoms. The fraction of sp³-hybridized carbons (Fsp3) is 0.308. The first kappa shape index (κ1) is 14.8. The zero-order valence-electron chi connectivity index (χ0n) is 11.2. The van der Waals surface area contributed by atoms with Crippen molar-refractivity contribution in [3.05, 3.63) is 34.8 Å². The number of rotatable bonds is 6. The summed E-state index contributed by atoms with van der Waals surface area (Å²) in [7, 11) is 1.24. The van der Waals surface area contributed by atoms with Crippen molar-refractivity contribution in [3.8, 4) is 0 Å². The summed E-state index contributed by atoms with van der Waals surface area (Å²) in [5, 5.41) is 11.2. The molecule has 0 saturated carbocycles. The number of hydrogen-bond donors (Lipinski definition) is 2. The Morgan fingerprint density at radius 2 is 2.14 bits per heavy atom. The van der Waals surface area contributed by atoms with E-state index in [1.807, 2.05) is 0 Å². The minimum absolute atomic E-state index is 0.185. The molecule has 112 valence electrons. The fourth-order valence-corrected chi connectivity index (χ4v) is 1.84. The van der Waals surface area contributed by atoms with Crippen LogP contribution in [0.15, 0.2) is 33.5 Å². The summed E-state index contributed by atoms with van der Waals surface area (Å²) in [6, 6.07) is 6.71. The second kappa shape index (κ2) is 6.23. The third kappa shape index (κ3) is 3.29. The summed E-state index contributed by atoms with van der Waals surface area (Å²) in [4.78, 5) is 34.2. The highest BCUT2D eigenvalue weighted by atomic mass is 16.5. The molecule has 1 aromatic carbocycles. The van der Waals surface area contributed by atoms with Crippen LogP contribution in [0.4, 0.5) is 0 Å². The molecule has 0 spiro atoms. The molecule has 0 aliphatic carbocycles. The minimum atomic E-state index is -1.18. The van der Waals surface area contributed by atoms with Crippen molar-refractivity contribution >= 4 is 23.0 Å². The van der Waals surface area contributed by atoms with E-state index in [9.17, 15) is 14.4 Å². The number of aliphatic carboxylic acids is 1. The van der Waals surface area contributed by atoms with Gasteiger partial charge in [0.15, 0.2) is 11.7 Å². The Bertz CT molecular complexity index is 717. The van der Waals surface area contributed by atoms with E-state index in [-0.39, 0.29) is 13.1 Å². The van der Waals surface area contributed by atoms with Crippen LogP contribution >= 0.6 is 0 Å². The quantitative estimate of drug-likeness (QED) is 0.764. The van der Waals surface area contributed by atoms with Gasteiger partial charge in [-0.2, -0.15) is 0 Å². The predicted octanol–water partition coefficient (Wildman–Crippen LogP) is -0.190. The molecule has 1 aromatic heterocycles. The molecular formula is C13H14N2O6. The van der Waals surface area contributed by atoms with Gasteiger partial charge in [0.25, 0.3) is 0 Å². The van der Waals surface area contributed by atoms with E-state index in [0.29, 0.717) is 11.1 Å². The fourth-order valence-electron chi connectivity index (χ4n) is 1.84. The van der Waals surface area contributed by atoms with Gasteiger partial charge in [0.2, 0.25) is 5.91 Å². The highest BCUT2D eigenvalue weighted by molar-refractivity contribution is 5.80. The Balaban J connectivity index is 2.07. The highest BCUT2D eigenvalue weighted by Crippen LogP contribution is 2.11. The van der Waals surface area contributed by atoms with Crippen molar-refractivity contribution in [1.82, 2.24) is 9.88 Å². The molecule has 0 fully saturated rings. The van der Waals surface area contributed by atoms with Crippen LogP contribution in [0.2, 0.25) is 0 Å². The number of carbonyl (C=O) groups is 2. The van der Waals surface area contributed by atoms with E-state index in [1.54, 1.807) is 24.3 Å². The third-order valence-electron chi connectivity index (χ3n) is 2.92. The molecule has 2 N–H and O–H groups in total. The van der Waals surface area contributed by atoms with Crippen LogP contribution in [0.3, 0.4) is 0 Å². The van der Waals surface area contributed by atoms with Gasteiger partial charge in [-0.3, -0.25) is 9.36 Å². The van der Waals surface area contributed by atoms with Gasteiger partial charge in [-0.05, 0) is 12.1 Å². The predicted molar refractivity (Wildman–Crippen MR) is 71.9 cm³/mol. The van der Waals surface area contributed by atoms with Crippen LogP contribution in [0.5, 0.6) is 0 Å². The van der Waals surface area contributed by atoms with Crippen molar-refractivity contribution in [3.63, 3.8) is 0 Å². The van der Waals surface area contributed by atoms with E-state index in [0.717, 1.165) is 0 Å². The minimum Gasteiger partial charge on any atom is -0.479 e. The van der Waals surface area contributed by atoms with E-state index in [1.165, 1.54) is 11.7 Å². The molecule has 1 atom stereocenters.